The molecule has 344 valence electrons. The van der Waals surface area contributed by atoms with Crippen molar-refractivity contribution in [3.8, 4) is 0 Å². The Morgan fingerprint density at radius 2 is 0.780 bits per heavy atom. The smallest absolute Gasteiger partial charge is 0.217 e. The Bertz CT molecular complexity index is 1320. The Labute approximate surface area is 333 Å². The number of hydrogen-bond donors (Lipinski definition) is 17. The number of rotatable bonds is 14. The van der Waals surface area contributed by atoms with Crippen molar-refractivity contribution in [3.63, 3.8) is 0 Å². The van der Waals surface area contributed by atoms with Crippen LogP contribution < -0.4 is 5.32 Å². The van der Waals surface area contributed by atoms with Crippen molar-refractivity contribution in [1.82, 2.24) is 5.32 Å². The quantitative estimate of drug-likeness (QED) is 0.0770. The maximum atomic E-state index is 12.6. The van der Waals surface area contributed by atoms with Crippen molar-refractivity contribution in [1.29, 1.82) is 0 Å². The van der Waals surface area contributed by atoms with Gasteiger partial charge in [-0.3, -0.25) is 4.79 Å². The monoisotopic (exact) mass is 869 g/mol. The molecule has 25 atom stereocenters. The second kappa shape index (κ2) is 20.8. The van der Waals surface area contributed by atoms with E-state index in [4.69, 9.17) is 42.6 Å². The van der Waals surface area contributed by atoms with Crippen LogP contribution in [0.15, 0.2) is 0 Å². The fraction of sp³-hybridized carbons (Fsp3) is 0.969. The van der Waals surface area contributed by atoms with Crippen molar-refractivity contribution >= 4 is 5.91 Å². The molecular weight excluding hydrogens is 814 g/mol. The molecule has 1 amide bonds. The minimum absolute atomic E-state index is 0.836. The lowest BCUT2D eigenvalue weighted by Crippen LogP contribution is -2.70. The summed E-state index contributed by atoms with van der Waals surface area (Å²) in [6, 6.07) is -1.73. The molecular formula is C32H55NO26. The molecule has 0 aromatic rings. The molecule has 59 heavy (non-hydrogen) atoms. The van der Waals surface area contributed by atoms with Crippen LogP contribution in [-0.2, 0) is 47.4 Å². The van der Waals surface area contributed by atoms with E-state index in [0.717, 1.165) is 6.92 Å². The zero-order valence-corrected chi connectivity index (χ0v) is 31.2. The summed E-state index contributed by atoms with van der Waals surface area (Å²) < 4.78 is 50.2. The van der Waals surface area contributed by atoms with Gasteiger partial charge in [-0.1, -0.05) is 0 Å². The van der Waals surface area contributed by atoms with Gasteiger partial charge in [-0.2, -0.15) is 0 Å². The highest BCUT2D eigenvalue weighted by Gasteiger charge is 2.57. The molecule has 0 spiro atoms. The average Bonchev–Trinajstić information content (AvgIpc) is 3.21. The summed E-state index contributed by atoms with van der Waals surface area (Å²) in [6.45, 7) is -3.62. The van der Waals surface area contributed by atoms with Crippen LogP contribution in [0.4, 0.5) is 0 Å². The zero-order chi connectivity index (χ0) is 43.6. The molecule has 5 rings (SSSR count). The lowest BCUT2D eigenvalue weighted by atomic mass is 9.94. The third kappa shape index (κ3) is 10.2. The van der Waals surface area contributed by atoms with E-state index in [1.165, 1.54) is 0 Å². The van der Waals surface area contributed by atoms with Crippen molar-refractivity contribution in [2.45, 2.75) is 160 Å². The van der Waals surface area contributed by atoms with Gasteiger partial charge in [0.2, 0.25) is 5.91 Å². The minimum atomic E-state index is -2.14. The highest BCUT2D eigenvalue weighted by Crippen LogP contribution is 2.36. The fourth-order valence-corrected chi connectivity index (χ4v) is 7.42. The Hall–Kier alpha value is -1.53. The van der Waals surface area contributed by atoms with Crippen molar-refractivity contribution in [3.05, 3.63) is 0 Å². The van der Waals surface area contributed by atoms with E-state index in [-0.39, 0.29) is 0 Å². The number of hydrogen-bond acceptors (Lipinski definition) is 26. The standard InChI is InChI=1S/C32H55NO26/c1-7(39)33-13-25(57-32-23(49)27(17(43)11(5-37)55-32)59-30-21(47)18(44)14(40)8(2-34)53-30)15(41)9(3-35)52-29(13)58-26-16(42)10(4-36)54-31(22(26)48)56-24-12(6-38)51-28(50)20(46)19(24)45/h8-32,34-38,40-50H,2-6H2,1H3,(H,33,39)/t8-,9-,10-,11-,12-,13-,14+,15-,16+,17+,18+,19-,20-,21-,22-,23-,24-,25-,26+,27+,28-,29+,30-,31+,32+/m1/s1. The normalized spacial score (nSPS) is 51.0. The van der Waals surface area contributed by atoms with Crippen molar-refractivity contribution < 1.29 is 129 Å². The summed E-state index contributed by atoms with van der Waals surface area (Å²) in [7, 11) is 0. The van der Waals surface area contributed by atoms with Crippen LogP contribution in [0, 0.1) is 0 Å². The molecule has 5 aliphatic rings. The molecule has 0 bridgehead atoms. The molecule has 0 aromatic heterocycles. The van der Waals surface area contributed by atoms with Gasteiger partial charge in [-0.15, -0.1) is 0 Å². The largest absolute Gasteiger partial charge is 0.394 e. The molecule has 0 aromatic carbocycles. The molecule has 0 radical (unpaired) electrons. The van der Waals surface area contributed by atoms with Crippen LogP contribution in [0.2, 0.25) is 0 Å². The lowest BCUT2D eigenvalue weighted by molar-refractivity contribution is -0.385. The molecule has 5 heterocycles. The predicted octanol–water partition coefficient (Wildman–Crippen LogP) is -11.8. The van der Waals surface area contributed by atoms with Gasteiger partial charge >= 0.3 is 0 Å². The molecule has 17 N–H and O–H groups in total. The van der Waals surface area contributed by atoms with Gasteiger partial charge in [-0.05, 0) is 0 Å². The number of aliphatic hydroxyl groups is 16. The summed E-state index contributed by atoms with van der Waals surface area (Å²) in [4.78, 5) is 12.6. The minimum Gasteiger partial charge on any atom is -0.394 e. The maximum Gasteiger partial charge on any atom is 0.217 e. The van der Waals surface area contributed by atoms with E-state index >= 15 is 0 Å². The van der Waals surface area contributed by atoms with E-state index in [1.807, 2.05) is 0 Å². The number of nitrogens with one attached hydrogen (secondary N) is 1. The third-order valence-electron chi connectivity index (χ3n) is 10.7. The highest BCUT2D eigenvalue weighted by atomic mass is 16.8. The predicted molar refractivity (Wildman–Crippen MR) is 178 cm³/mol. The van der Waals surface area contributed by atoms with E-state index in [1.54, 1.807) is 0 Å². The summed E-state index contributed by atoms with van der Waals surface area (Å²) in [5, 5.41) is 170. The topological polar surface area (TPSA) is 436 Å². The van der Waals surface area contributed by atoms with E-state index in [2.05, 4.69) is 5.32 Å². The third-order valence-corrected chi connectivity index (χ3v) is 10.7. The Balaban J connectivity index is 1.40. The highest BCUT2D eigenvalue weighted by molar-refractivity contribution is 5.73. The molecule has 0 aliphatic carbocycles. The second-order valence-electron chi connectivity index (χ2n) is 14.7. The Morgan fingerprint density at radius 3 is 1.24 bits per heavy atom. The van der Waals surface area contributed by atoms with Crippen LogP contribution in [0.1, 0.15) is 6.92 Å². The average molecular weight is 870 g/mol. The molecule has 5 saturated heterocycles. The van der Waals surface area contributed by atoms with Crippen molar-refractivity contribution in [2.75, 3.05) is 33.0 Å². The zero-order valence-electron chi connectivity index (χ0n) is 31.2. The summed E-state index contributed by atoms with van der Waals surface area (Å²) >= 11 is 0. The first-order chi connectivity index (χ1) is 27.9. The number of carbonyl (C=O) groups is 1. The van der Waals surface area contributed by atoms with Gasteiger partial charge in [-0.25, -0.2) is 0 Å². The SMILES string of the molecule is CC(=O)N[C@H]1[C@H](O[C@H]2[C@@H](O)[C@@H](CO)O[C@@H](O[C@H]3[C@H](O)[C@@H](O)[C@H](O)O[C@@H]3CO)[C@@H]2O)O[C@H](CO)[C@@H](O)[C@@H]1O[C@@H]1O[C@H](CO)[C@H](O)[C@H](O[C@H]2O[C@H](CO)[C@H](O)[C@H](O)[C@H]2O)[C@H]1O. The van der Waals surface area contributed by atoms with E-state index in [9.17, 15) is 86.5 Å². The van der Waals surface area contributed by atoms with Gasteiger partial charge < -0.3 is 130 Å². The Morgan fingerprint density at radius 1 is 0.407 bits per heavy atom. The summed E-state index contributed by atoms with van der Waals surface area (Å²) in [5.41, 5.74) is 0. The fourth-order valence-electron chi connectivity index (χ4n) is 7.42. The van der Waals surface area contributed by atoms with E-state index < -0.39 is 192 Å². The number of amides is 1. The van der Waals surface area contributed by atoms with Crippen LogP contribution in [0.25, 0.3) is 0 Å². The molecule has 5 fully saturated rings. The lowest BCUT2D eigenvalue weighted by Gasteiger charge is -2.50. The van der Waals surface area contributed by atoms with Gasteiger partial charge in [0.25, 0.3) is 0 Å². The van der Waals surface area contributed by atoms with Gasteiger partial charge in [0, 0.05) is 6.92 Å². The van der Waals surface area contributed by atoms with E-state index in [0.29, 0.717) is 0 Å². The first kappa shape index (κ1) is 48.5. The first-order valence-electron chi connectivity index (χ1n) is 18.6. The summed E-state index contributed by atoms with van der Waals surface area (Å²) in [5.74, 6) is -0.836. The molecule has 27 heteroatoms. The second-order valence-corrected chi connectivity index (χ2v) is 14.7. The van der Waals surface area contributed by atoms with Crippen LogP contribution in [0.5, 0.6) is 0 Å². The van der Waals surface area contributed by atoms with Crippen molar-refractivity contribution in [2.24, 2.45) is 0 Å². The maximum absolute atomic E-state index is 12.6. The molecule has 5 aliphatic heterocycles. The number of aliphatic hydroxyl groups excluding tert-OH is 16. The Kier molecular flexibility index (Phi) is 17.1. The van der Waals surface area contributed by atoms with Gasteiger partial charge in [0.1, 0.15) is 122 Å². The number of carbonyl (C=O) groups excluding carboxylic acids is 1. The van der Waals surface area contributed by atoms with Gasteiger partial charge in [0.05, 0.1) is 33.0 Å². The van der Waals surface area contributed by atoms with Crippen LogP contribution in [0.3, 0.4) is 0 Å². The van der Waals surface area contributed by atoms with Gasteiger partial charge in [0.15, 0.2) is 31.5 Å². The molecule has 0 unspecified atom stereocenters. The first-order valence-corrected chi connectivity index (χ1v) is 18.6. The van der Waals surface area contributed by atoms with Crippen LogP contribution in [-0.4, -0.2) is 274 Å². The number of ether oxygens (including phenoxy) is 9. The molecule has 0 saturated carbocycles. The molecule has 27 nitrogen and oxygen atoms in total. The summed E-state index contributed by atoms with van der Waals surface area (Å²) in [6.07, 6.45) is -44.8. The van der Waals surface area contributed by atoms with Crippen LogP contribution >= 0.6 is 0 Å².